The van der Waals surface area contributed by atoms with Crippen LogP contribution in [-0.2, 0) is 13.1 Å². The summed E-state index contributed by atoms with van der Waals surface area (Å²) >= 11 is 0. The Morgan fingerprint density at radius 1 is 0.622 bits per heavy atom. The van der Waals surface area contributed by atoms with Crippen LogP contribution in [0.15, 0.2) is 116 Å². The summed E-state index contributed by atoms with van der Waals surface area (Å²) in [5, 5.41) is 4.03. The number of rotatable bonds is 7. The van der Waals surface area contributed by atoms with Crippen LogP contribution >= 0.6 is 0 Å². The summed E-state index contributed by atoms with van der Waals surface area (Å²) in [6, 6.07) is 36.5. The predicted molar refractivity (Wildman–Crippen MR) is 158 cm³/mol. The van der Waals surface area contributed by atoms with Crippen molar-refractivity contribution < 1.29 is 0 Å². The summed E-state index contributed by atoms with van der Waals surface area (Å²) in [7, 11) is -0.883. The number of aromatic nitrogens is 4. The molecule has 0 unspecified atom stereocenters. The van der Waals surface area contributed by atoms with Gasteiger partial charge in [-0.25, -0.2) is 9.97 Å². The molecule has 6 aromatic rings. The fourth-order valence-corrected chi connectivity index (χ4v) is 7.50. The van der Waals surface area contributed by atoms with Crippen molar-refractivity contribution in [1.29, 1.82) is 0 Å². The summed E-state index contributed by atoms with van der Waals surface area (Å²) in [5.41, 5.74) is 4.83. The number of hydrogen-bond donors (Lipinski definition) is 0. The van der Waals surface area contributed by atoms with E-state index in [-0.39, 0.29) is 0 Å². The van der Waals surface area contributed by atoms with Crippen LogP contribution < -0.4 is 5.32 Å². The van der Waals surface area contributed by atoms with E-state index in [2.05, 4.69) is 118 Å². The molecule has 0 saturated carbocycles. The smallest absolute Gasteiger partial charge is 0.140 e. The molecule has 0 bridgehead atoms. The third-order valence-electron chi connectivity index (χ3n) is 6.99. The fourth-order valence-electron chi connectivity index (χ4n) is 5.01. The zero-order chi connectivity index (χ0) is 25.5. The molecule has 4 heterocycles. The number of pyridine rings is 2. The van der Waals surface area contributed by atoms with Gasteiger partial charge in [0.1, 0.15) is 11.3 Å². The molecule has 4 nitrogen and oxygen atoms in total. The van der Waals surface area contributed by atoms with Crippen molar-refractivity contribution in [1.82, 2.24) is 19.1 Å². The largest absolute Gasteiger partial charge is 0.329 e. The van der Waals surface area contributed by atoms with Crippen LogP contribution in [0.25, 0.3) is 22.1 Å². The van der Waals surface area contributed by atoms with Gasteiger partial charge in [0.15, 0.2) is 0 Å². The van der Waals surface area contributed by atoms with Gasteiger partial charge in [-0.05, 0) is 47.5 Å². The maximum atomic E-state index is 4.63. The van der Waals surface area contributed by atoms with E-state index in [0.717, 1.165) is 24.4 Å². The quantitative estimate of drug-likeness (QED) is 0.229. The normalized spacial score (nSPS) is 11.1. The Labute approximate surface area is 220 Å². The van der Waals surface area contributed by atoms with Crippen LogP contribution in [0.1, 0.15) is 25.0 Å². The lowest BCUT2D eigenvalue weighted by Crippen LogP contribution is -2.35. The molecule has 6 rings (SSSR count). The van der Waals surface area contributed by atoms with E-state index in [9.17, 15) is 0 Å². The Bertz CT molecular complexity index is 1550. The summed E-state index contributed by atoms with van der Waals surface area (Å²) in [4.78, 5) is 9.03. The van der Waals surface area contributed by atoms with Gasteiger partial charge in [0.2, 0.25) is 0 Å². The lowest BCUT2D eigenvalue weighted by molar-refractivity contribution is 0.825. The zero-order valence-electron chi connectivity index (χ0n) is 21.7. The third kappa shape index (κ3) is 5.73. The number of fused-ring (bicyclic) bond motifs is 2. The second kappa shape index (κ2) is 11.8. The highest BCUT2D eigenvalue weighted by Gasteiger charge is 2.17. The Morgan fingerprint density at radius 2 is 1.22 bits per heavy atom. The first kappa shape index (κ1) is 24.7. The van der Waals surface area contributed by atoms with Crippen LogP contribution in [0.2, 0.25) is 12.1 Å². The topological polar surface area (TPSA) is 35.6 Å². The van der Waals surface area contributed by atoms with Crippen molar-refractivity contribution >= 4 is 36.2 Å². The monoisotopic (exact) mass is 502 g/mol. The highest BCUT2D eigenvalue weighted by Crippen LogP contribution is 2.16. The van der Waals surface area contributed by atoms with E-state index in [1.54, 1.807) is 5.32 Å². The van der Waals surface area contributed by atoms with Crippen molar-refractivity contribution in [3.63, 3.8) is 0 Å². The van der Waals surface area contributed by atoms with Gasteiger partial charge in [-0.3, -0.25) is 0 Å². The van der Waals surface area contributed by atoms with E-state index in [1.807, 2.05) is 30.6 Å². The van der Waals surface area contributed by atoms with Gasteiger partial charge in [0.25, 0.3) is 0 Å². The molecule has 0 N–H and O–H groups in total. The van der Waals surface area contributed by atoms with Gasteiger partial charge in [0, 0.05) is 47.8 Å². The third-order valence-corrected chi connectivity index (χ3v) is 10.3. The van der Waals surface area contributed by atoms with E-state index < -0.39 is 8.80 Å². The molecule has 0 amide bonds. The molecule has 4 aromatic heterocycles. The minimum atomic E-state index is -0.883. The number of benzene rings is 2. The lowest BCUT2D eigenvalue weighted by Gasteiger charge is -2.16. The van der Waals surface area contributed by atoms with Crippen molar-refractivity contribution in [2.45, 2.75) is 39.0 Å². The SMILES string of the molecule is CC[SiH](CC)c1cc2cccnc2n1Cc1ccccc1.c1ccc(Cn2ccc3cccnc32)cc1. The van der Waals surface area contributed by atoms with Gasteiger partial charge in [-0.2, -0.15) is 0 Å². The van der Waals surface area contributed by atoms with Crippen LogP contribution in [-0.4, -0.2) is 27.9 Å². The molecule has 0 atom stereocenters. The van der Waals surface area contributed by atoms with Crippen molar-refractivity contribution in [3.8, 4) is 0 Å². The van der Waals surface area contributed by atoms with Gasteiger partial charge in [0.05, 0.1) is 8.80 Å². The fraction of sp³-hybridized carbons (Fsp3) is 0.188. The molecule has 0 saturated heterocycles. The van der Waals surface area contributed by atoms with Crippen molar-refractivity contribution in [2.75, 3.05) is 0 Å². The Morgan fingerprint density at radius 3 is 1.86 bits per heavy atom. The maximum absolute atomic E-state index is 4.63. The standard InChI is InChI=1S/C18H22N2Si.C14H12N2/c1-3-21(4-2)17-13-16-11-8-12-19-18(16)20(17)14-15-9-6-5-7-10-15;1-2-5-12(6-3-1)11-16-10-8-13-7-4-9-15-14(13)16/h5-13,21H,3-4,14H2,1-2H3;1-10H,11H2. The van der Waals surface area contributed by atoms with Crippen molar-refractivity contribution in [3.05, 3.63) is 127 Å². The molecule has 0 radical (unpaired) electrons. The molecule has 5 heteroatoms. The first-order chi connectivity index (χ1) is 18.3. The van der Waals surface area contributed by atoms with Gasteiger partial charge in [-0.1, -0.05) is 86.6 Å². The average molecular weight is 503 g/mol. The Balaban J connectivity index is 0.000000157. The summed E-state index contributed by atoms with van der Waals surface area (Å²) < 4.78 is 4.62. The Kier molecular flexibility index (Phi) is 7.92. The van der Waals surface area contributed by atoms with E-state index in [1.165, 1.54) is 34.0 Å². The zero-order valence-corrected chi connectivity index (χ0v) is 22.8. The minimum Gasteiger partial charge on any atom is -0.329 e. The average Bonchev–Trinajstić information content (AvgIpc) is 3.53. The molecule has 0 fully saturated rings. The van der Waals surface area contributed by atoms with Gasteiger partial charge in [-0.15, -0.1) is 0 Å². The summed E-state index contributed by atoms with van der Waals surface area (Å²) in [6.45, 7) is 6.47. The molecule has 2 aromatic carbocycles. The minimum absolute atomic E-state index is 0.876. The molecule has 37 heavy (non-hydrogen) atoms. The van der Waals surface area contributed by atoms with Crippen LogP contribution in [0.3, 0.4) is 0 Å². The molecule has 0 spiro atoms. The first-order valence-electron chi connectivity index (χ1n) is 13.2. The number of nitrogens with zero attached hydrogens (tertiary/aromatic N) is 4. The predicted octanol–water partition coefficient (Wildman–Crippen LogP) is 6.64. The van der Waals surface area contributed by atoms with E-state index >= 15 is 0 Å². The van der Waals surface area contributed by atoms with Crippen LogP contribution in [0.4, 0.5) is 0 Å². The number of hydrogen-bond acceptors (Lipinski definition) is 2. The molecule has 0 aliphatic rings. The molecule has 186 valence electrons. The maximum Gasteiger partial charge on any atom is 0.140 e. The first-order valence-corrected chi connectivity index (χ1v) is 15.4. The second-order valence-electron chi connectivity index (χ2n) is 9.42. The van der Waals surface area contributed by atoms with Gasteiger partial charge >= 0.3 is 0 Å². The van der Waals surface area contributed by atoms with E-state index in [0.29, 0.717) is 0 Å². The Hall–Kier alpha value is -3.96. The lowest BCUT2D eigenvalue weighted by atomic mass is 10.2. The molecule has 0 aliphatic heterocycles. The van der Waals surface area contributed by atoms with E-state index in [4.69, 9.17) is 0 Å². The highest BCUT2D eigenvalue weighted by atomic mass is 28.3. The second-order valence-corrected chi connectivity index (χ2v) is 13.0. The van der Waals surface area contributed by atoms with Crippen molar-refractivity contribution in [2.24, 2.45) is 0 Å². The van der Waals surface area contributed by atoms with Gasteiger partial charge < -0.3 is 9.13 Å². The van der Waals surface area contributed by atoms with Crippen LogP contribution in [0.5, 0.6) is 0 Å². The molecule has 0 aliphatic carbocycles. The summed E-state index contributed by atoms with van der Waals surface area (Å²) in [5.74, 6) is 0. The molecular formula is C32H34N4Si. The molecular weight excluding hydrogens is 468 g/mol. The highest BCUT2D eigenvalue weighted by molar-refractivity contribution is 6.72. The summed E-state index contributed by atoms with van der Waals surface area (Å²) in [6.07, 6.45) is 5.83. The van der Waals surface area contributed by atoms with Crippen LogP contribution in [0, 0.1) is 0 Å².